The molecule has 35 heavy (non-hydrogen) atoms. The first kappa shape index (κ1) is 22.8. The van der Waals surface area contributed by atoms with E-state index in [1.165, 1.54) is 23.3 Å². The Morgan fingerprint density at radius 2 is 1.69 bits per heavy atom. The third-order valence-electron chi connectivity index (χ3n) is 6.80. The summed E-state index contributed by atoms with van der Waals surface area (Å²) in [6.45, 7) is 7.03. The molecule has 0 aliphatic carbocycles. The lowest BCUT2D eigenvalue weighted by Crippen LogP contribution is -2.49. The van der Waals surface area contributed by atoms with Gasteiger partial charge in [0.25, 0.3) is 5.56 Å². The highest BCUT2D eigenvalue weighted by molar-refractivity contribution is 5.76. The van der Waals surface area contributed by atoms with Gasteiger partial charge in [0.15, 0.2) is 0 Å². The summed E-state index contributed by atoms with van der Waals surface area (Å²) in [5, 5.41) is 4.56. The van der Waals surface area contributed by atoms with Crippen LogP contribution in [0.2, 0.25) is 0 Å². The van der Waals surface area contributed by atoms with Gasteiger partial charge < -0.3 is 14.4 Å². The van der Waals surface area contributed by atoms with Crippen molar-refractivity contribution in [2.75, 3.05) is 31.1 Å². The van der Waals surface area contributed by atoms with Crippen LogP contribution in [0.15, 0.2) is 65.7 Å². The van der Waals surface area contributed by atoms with E-state index in [9.17, 15) is 14.0 Å². The minimum absolute atomic E-state index is 0.0276. The van der Waals surface area contributed by atoms with E-state index < -0.39 is 0 Å². The fourth-order valence-electron chi connectivity index (χ4n) is 4.48. The van der Waals surface area contributed by atoms with E-state index in [1.54, 1.807) is 39.7 Å². The number of carbonyl (C=O) groups excluding carboxylic acids is 1. The minimum atomic E-state index is -0.256. The minimum Gasteiger partial charge on any atom is -0.368 e. The number of fused-ring (bicyclic) bond motifs is 1. The van der Waals surface area contributed by atoms with Crippen LogP contribution in [0.1, 0.15) is 17.5 Å². The molecule has 1 aliphatic rings. The summed E-state index contributed by atoms with van der Waals surface area (Å²) in [4.78, 5) is 29.8. The normalized spacial score (nSPS) is 14.0. The Hall–Kier alpha value is -3.94. The summed E-state index contributed by atoms with van der Waals surface area (Å²) in [6.07, 6.45) is 3.70. The van der Waals surface area contributed by atoms with Gasteiger partial charge in [-0.05, 0) is 61.4 Å². The summed E-state index contributed by atoms with van der Waals surface area (Å²) in [5.74, 6) is -0.228. The Kier molecular flexibility index (Phi) is 6.11. The maximum Gasteiger partial charge on any atom is 0.276 e. The SMILES string of the molecule is Cc1ccc(-c2cc3c(=O)n(CCC(=O)N4CCN(c5ccc(F)cc5)CC4)ccn3n2)cc1C. The van der Waals surface area contributed by atoms with Gasteiger partial charge in [0, 0.05) is 62.8 Å². The summed E-state index contributed by atoms with van der Waals surface area (Å²) in [6, 6.07) is 14.4. The van der Waals surface area contributed by atoms with Crippen molar-refractivity contribution in [3.05, 3.63) is 88.2 Å². The van der Waals surface area contributed by atoms with E-state index in [0.717, 1.165) is 16.9 Å². The van der Waals surface area contributed by atoms with Crippen LogP contribution in [0.4, 0.5) is 10.1 Å². The standard InChI is InChI=1S/C27H28FN5O2/c1-19-3-4-21(17-20(19)2)24-18-25-27(35)32(15-16-33(25)29-24)10-9-26(34)31-13-11-30(12-14-31)23-7-5-22(28)6-8-23/h3-8,15-18H,9-14H2,1-2H3. The van der Waals surface area contributed by atoms with Crippen molar-refractivity contribution < 1.29 is 9.18 Å². The highest BCUT2D eigenvalue weighted by Gasteiger charge is 2.21. The van der Waals surface area contributed by atoms with Crippen LogP contribution in [-0.4, -0.2) is 51.2 Å². The molecule has 0 saturated carbocycles. The molecular weight excluding hydrogens is 445 g/mol. The van der Waals surface area contributed by atoms with E-state index in [-0.39, 0.29) is 23.7 Å². The van der Waals surface area contributed by atoms with Crippen LogP contribution in [0, 0.1) is 19.7 Å². The molecule has 0 radical (unpaired) electrons. The molecule has 1 amide bonds. The predicted molar refractivity (Wildman–Crippen MR) is 134 cm³/mol. The molecule has 1 aliphatic heterocycles. The number of hydrogen-bond acceptors (Lipinski definition) is 4. The molecule has 180 valence electrons. The summed E-state index contributed by atoms with van der Waals surface area (Å²) >= 11 is 0. The Labute approximate surface area is 203 Å². The number of benzene rings is 2. The molecule has 0 N–H and O–H groups in total. The number of hydrogen-bond donors (Lipinski definition) is 0. The monoisotopic (exact) mass is 473 g/mol. The lowest BCUT2D eigenvalue weighted by atomic mass is 10.0. The molecule has 2 aromatic heterocycles. The number of amides is 1. The summed E-state index contributed by atoms with van der Waals surface area (Å²) in [7, 11) is 0. The van der Waals surface area contributed by atoms with Crippen molar-refractivity contribution in [3.63, 3.8) is 0 Å². The van der Waals surface area contributed by atoms with Crippen LogP contribution >= 0.6 is 0 Å². The molecule has 4 aromatic rings. The van der Waals surface area contributed by atoms with Crippen molar-refractivity contribution in [2.24, 2.45) is 0 Å². The molecule has 1 saturated heterocycles. The number of rotatable bonds is 5. The van der Waals surface area contributed by atoms with Crippen molar-refractivity contribution in [3.8, 4) is 11.3 Å². The molecule has 3 heterocycles. The van der Waals surface area contributed by atoms with Gasteiger partial charge in [0.1, 0.15) is 11.3 Å². The quantitative estimate of drug-likeness (QED) is 0.444. The van der Waals surface area contributed by atoms with E-state index >= 15 is 0 Å². The summed E-state index contributed by atoms with van der Waals surface area (Å²) < 4.78 is 16.3. The van der Waals surface area contributed by atoms with Gasteiger partial charge in [0.2, 0.25) is 5.91 Å². The van der Waals surface area contributed by atoms with Gasteiger partial charge in [-0.25, -0.2) is 8.91 Å². The molecular formula is C27H28FN5O2. The number of aryl methyl sites for hydroxylation is 3. The molecule has 7 nitrogen and oxygen atoms in total. The second-order valence-corrected chi connectivity index (χ2v) is 9.05. The van der Waals surface area contributed by atoms with Crippen LogP contribution in [0.25, 0.3) is 16.8 Å². The van der Waals surface area contributed by atoms with Gasteiger partial charge in [0.05, 0.1) is 5.69 Å². The average Bonchev–Trinajstić information content (AvgIpc) is 3.31. The molecule has 0 bridgehead atoms. The molecule has 0 atom stereocenters. The first-order valence-corrected chi connectivity index (χ1v) is 11.8. The third-order valence-corrected chi connectivity index (χ3v) is 6.80. The van der Waals surface area contributed by atoms with Gasteiger partial charge in [-0.3, -0.25) is 9.59 Å². The van der Waals surface area contributed by atoms with Crippen molar-refractivity contribution in [1.29, 1.82) is 0 Å². The van der Waals surface area contributed by atoms with Gasteiger partial charge >= 0.3 is 0 Å². The van der Waals surface area contributed by atoms with Crippen molar-refractivity contribution in [1.82, 2.24) is 19.1 Å². The number of halogens is 1. The van der Waals surface area contributed by atoms with Crippen LogP contribution in [0.3, 0.4) is 0 Å². The van der Waals surface area contributed by atoms with Crippen LogP contribution in [-0.2, 0) is 11.3 Å². The number of anilines is 1. The first-order valence-electron chi connectivity index (χ1n) is 11.8. The lowest BCUT2D eigenvalue weighted by molar-refractivity contribution is -0.131. The van der Waals surface area contributed by atoms with E-state index in [4.69, 9.17) is 0 Å². The lowest BCUT2D eigenvalue weighted by Gasteiger charge is -2.36. The van der Waals surface area contributed by atoms with Crippen molar-refractivity contribution in [2.45, 2.75) is 26.8 Å². The van der Waals surface area contributed by atoms with E-state index in [1.807, 2.05) is 11.0 Å². The largest absolute Gasteiger partial charge is 0.368 e. The Morgan fingerprint density at radius 1 is 0.943 bits per heavy atom. The molecule has 5 rings (SSSR count). The second-order valence-electron chi connectivity index (χ2n) is 9.05. The Balaban J connectivity index is 1.23. The van der Waals surface area contributed by atoms with Crippen LogP contribution in [0.5, 0.6) is 0 Å². The molecule has 8 heteroatoms. The number of nitrogens with zero attached hydrogens (tertiary/aromatic N) is 5. The van der Waals surface area contributed by atoms with E-state index in [2.05, 4.69) is 36.0 Å². The maximum atomic E-state index is 13.2. The molecule has 2 aromatic carbocycles. The topological polar surface area (TPSA) is 62.9 Å². The highest BCUT2D eigenvalue weighted by Crippen LogP contribution is 2.22. The maximum absolute atomic E-state index is 13.2. The average molecular weight is 474 g/mol. The Bertz CT molecular complexity index is 1430. The zero-order chi connectivity index (χ0) is 24.5. The third kappa shape index (κ3) is 4.69. The smallest absolute Gasteiger partial charge is 0.276 e. The zero-order valence-corrected chi connectivity index (χ0v) is 19.9. The Morgan fingerprint density at radius 3 is 2.40 bits per heavy atom. The van der Waals surface area contributed by atoms with Gasteiger partial charge in [-0.1, -0.05) is 12.1 Å². The molecule has 0 unspecified atom stereocenters. The van der Waals surface area contributed by atoms with Crippen molar-refractivity contribution >= 4 is 17.1 Å². The fraction of sp³-hybridized carbons (Fsp3) is 0.296. The first-order chi connectivity index (χ1) is 16.9. The molecule has 0 spiro atoms. The number of piperazine rings is 1. The number of carbonyl (C=O) groups is 1. The van der Waals surface area contributed by atoms with E-state index in [0.29, 0.717) is 38.2 Å². The zero-order valence-electron chi connectivity index (χ0n) is 19.9. The summed E-state index contributed by atoms with van der Waals surface area (Å²) in [5.41, 5.74) is 5.38. The highest BCUT2D eigenvalue weighted by atomic mass is 19.1. The number of aromatic nitrogens is 3. The van der Waals surface area contributed by atoms with Gasteiger partial charge in [-0.15, -0.1) is 0 Å². The second kappa shape index (κ2) is 9.37. The predicted octanol–water partition coefficient (Wildman–Crippen LogP) is 3.66. The fourth-order valence-corrected chi connectivity index (χ4v) is 4.48. The van der Waals surface area contributed by atoms with Gasteiger partial charge in [-0.2, -0.15) is 5.10 Å². The molecule has 1 fully saturated rings. The van der Waals surface area contributed by atoms with Crippen LogP contribution < -0.4 is 10.5 Å².